The van der Waals surface area contributed by atoms with E-state index in [0.29, 0.717) is 32.0 Å². The van der Waals surface area contributed by atoms with Crippen molar-refractivity contribution < 1.29 is 27.0 Å². The van der Waals surface area contributed by atoms with E-state index in [9.17, 15) is 23.3 Å². The zero-order chi connectivity index (χ0) is 34.4. The molecule has 248 valence electrons. The molecule has 4 aromatic carbocycles. The monoisotopic (exact) mass is 695 g/mol. The van der Waals surface area contributed by atoms with E-state index in [1.807, 2.05) is 30.3 Å². The molecule has 11 nitrogen and oxygen atoms in total. The molecule has 7 rings (SSSR count). The summed E-state index contributed by atoms with van der Waals surface area (Å²) in [5.74, 6) is 1.16. The molecule has 2 aliphatic rings. The largest absolute Gasteiger partial charge is 0.493 e. The standard InChI is InChI=1S/C36H29N3O8S2/c1-21-8-15-26(20-29(21)39(41)42)49(43,44)47-25-13-9-22(10-14-25)18-32-35(40)38-34(24-12-17-30(45-2)31(19-24)46-3)28-16-11-23-6-4-5-7-27(23)33(28)37-36(38)48-32/h4-10,12-15,17-20,34H,11,16H2,1-3H3/b32-18-/t34-/m1/s1. The highest BCUT2D eigenvalue weighted by Crippen LogP contribution is 2.42. The highest BCUT2D eigenvalue weighted by molar-refractivity contribution is 7.87. The number of nitro benzene ring substituents is 1. The highest BCUT2D eigenvalue weighted by atomic mass is 32.2. The summed E-state index contributed by atoms with van der Waals surface area (Å²) in [7, 11) is -1.18. The third-order valence-electron chi connectivity index (χ3n) is 8.65. The van der Waals surface area contributed by atoms with Crippen molar-refractivity contribution in [3.05, 3.63) is 148 Å². The Morgan fingerprint density at radius 3 is 2.45 bits per heavy atom. The first kappa shape index (κ1) is 32.0. The molecule has 1 aliphatic carbocycles. The molecule has 13 heteroatoms. The third kappa shape index (κ3) is 5.80. The Morgan fingerprint density at radius 1 is 0.959 bits per heavy atom. The van der Waals surface area contributed by atoms with Crippen LogP contribution in [0.15, 0.2) is 105 Å². The van der Waals surface area contributed by atoms with Gasteiger partial charge in [-0.05, 0) is 78.4 Å². The predicted octanol–water partition coefficient (Wildman–Crippen LogP) is 5.32. The van der Waals surface area contributed by atoms with Crippen LogP contribution in [0.2, 0.25) is 0 Å². The fourth-order valence-electron chi connectivity index (χ4n) is 6.23. The summed E-state index contributed by atoms with van der Waals surface area (Å²) in [6.07, 6.45) is 3.29. The summed E-state index contributed by atoms with van der Waals surface area (Å²) in [5, 5.41) is 11.3. The molecule has 0 amide bonds. The first-order chi connectivity index (χ1) is 23.6. The van der Waals surface area contributed by atoms with Crippen molar-refractivity contribution in [2.24, 2.45) is 4.99 Å². The molecule has 0 fully saturated rings. The van der Waals surface area contributed by atoms with Crippen molar-refractivity contribution in [2.45, 2.75) is 30.7 Å². The fraction of sp³-hybridized carbons (Fsp3) is 0.167. The van der Waals surface area contributed by atoms with Crippen molar-refractivity contribution in [1.29, 1.82) is 0 Å². The number of nitrogens with zero attached hydrogens (tertiary/aromatic N) is 3. The third-order valence-corrected chi connectivity index (χ3v) is 10.9. The van der Waals surface area contributed by atoms with E-state index in [1.54, 1.807) is 37.0 Å². The molecule has 0 saturated carbocycles. The Kier molecular flexibility index (Phi) is 8.17. The summed E-state index contributed by atoms with van der Waals surface area (Å²) in [6.45, 7) is 1.52. The van der Waals surface area contributed by atoms with Crippen molar-refractivity contribution in [3.63, 3.8) is 0 Å². The van der Waals surface area contributed by atoms with Crippen LogP contribution < -0.4 is 28.5 Å². The van der Waals surface area contributed by atoms with Gasteiger partial charge in [0.15, 0.2) is 16.3 Å². The normalized spacial score (nSPS) is 15.5. The summed E-state index contributed by atoms with van der Waals surface area (Å²) in [4.78, 5) is 30.1. The fourth-order valence-corrected chi connectivity index (χ4v) is 8.18. The minimum absolute atomic E-state index is 0.0154. The highest BCUT2D eigenvalue weighted by Gasteiger charge is 2.33. The van der Waals surface area contributed by atoms with Crippen molar-refractivity contribution in [2.75, 3.05) is 14.2 Å². The summed E-state index contributed by atoms with van der Waals surface area (Å²) in [5.41, 5.74) is 5.49. The molecule has 0 saturated heterocycles. The number of nitro groups is 1. The molecule has 0 N–H and O–H groups in total. The number of fused-ring (bicyclic) bond motifs is 3. The van der Waals surface area contributed by atoms with E-state index in [1.165, 1.54) is 48.1 Å². The molecule has 49 heavy (non-hydrogen) atoms. The van der Waals surface area contributed by atoms with Gasteiger partial charge in [-0.25, -0.2) is 4.99 Å². The zero-order valence-electron chi connectivity index (χ0n) is 26.6. The van der Waals surface area contributed by atoms with Crippen LogP contribution in [0, 0.1) is 17.0 Å². The lowest BCUT2D eigenvalue weighted by Crippen LogP contribution is -2.38. The van der Waals surface area contributed by atoms with E-state index >= 15 is 0 Å². The molecular weight excluding hydrogens is 667 g/mol. The van der Waals surface area contributed by atoms with E-state index < -0.39 is 21.1 Å². The number of thiazole rings is 1. The van der Waals surface area contributed by atoms with Gasteiger partial charge in [0, 0.05) is 17.2 Å². The summed E-state index contributed by atoms with van der Waals surface area (Å²) < 4.78 is 44.4. The van der Waals surface area contributed by atoms with Crippen molar-refractivity contribution in [3.8, 4) is 17.2 Å². The molecular formula is C36H29N3O8S2. The Balaban J connectivity index is 1.27. The Labute approximate surface area is 285 Å². The molecule has 0 unspecified atom stereocenters. The molecule has 5 aromatic rings. The number of rotatable bonds is 8. The molecule has 2 heterocycles. The van der Waals surface area contributed by atoms with Crippen LogP contribution >= 0.6 is 11.3 Å². The van der Waals surface area contributed by atoms with Crippen LogP contribution in [-0.2, 0) is 16.5 Å². The van der Waals surface area contributed by atoms with Gasteiger partial charge >= 0.3 is 10.1 Å². The second-order valence-electron chi connectivity index (χ2n) is 11.5. The van der Waals surface area contributed by atoms with E-state index in [4.69, 9.17) is 18.6 Å². The van der Waals surface area contributed by atoms with E-state index in [2.05, 4.69) is 12.1 Å². The maximum Gasteiger partial charge on any atom is 0.339 e. The summed E-state index contributed by atoms with van der Waals surface area (Å²) in [6, 6.07) is 23.3. The van der Waals surface area contributed by atoms with Gasteiger partial charge in [0.25, 0.3) is 11.2 Å². The van der Waals surface area contributed by atoms with Crippen LogP contribution in [0.1, 0.15) is 40.3 Å². The lowest BCUT2D eigenvalue weighted by Gasteiger charge is -2.31. The Bertz CT molecular complexity index is 2480. The van der Waals surface area contributed by atoms with Gasteiger partial charge in [-0.1, -0.05) is 59.9 Å². The quantitative estimate of drug-likeness (QED) is 0.121. The predicted molar refractivity (Wildman–Crippen MR) is 184 cm³/mol. The molecule has 0 spiro atoms. The van der Waals surface area contributed by atoms with Crippen LogP contribution in [0.5, 0.6) is 17.2 Å². The minimum atomic E-state index is -4.34. The van der Waals surface area contributed by atoms with Crippen molar-refractivity contribution >= 4 is 38.9 Å². The number of methoxy groups -OCH3 is 2. The second kappa shape index (κ2) is 12.5. The van der Waals surface area contributed by atoms with E-state index in [-0.39, 0.29) is 21.9 Å². The van der Waals surface area contributed by atoms with E-state index in [0.717, 1.165) is 41.3 Å². The Morgan fingerprint density at radius 2 is 1.71 bits per heavy atom. The van der Waals surface area contributed by atoms with Gasteiger partial charge < -0.3 is 13.7 Å². The number of hydrogen-bond acceptors (Lipinski definition) is 10. The van der Waals surface area contributed by atoms with Gasteiger partial charge in [-0.2, -0.15) is 8.42 Å². The zero-order valence-corrected chi connectivity index (χ0v) is 28.2. The lowest BCUT2D eigenvalue weighted by atomic mass is 9.83. The summed E-state index contributed by atoms with van der Waals surface area (Å²) >= 11 is 1.28. The SMILES string of the molecule is COc1ccc([C@@H]2C3=C(N=c4s/c(=C\c5ccc(OS(=O)(=O)c6ccc(C)c([N+](=O)[O-])c6)cc5)c(=O)n42)c2ccccc2CC3)cc1OC. The molecule has 0 radical (unpaired) electrons. The van der Waals surface area contributed by atoms with Gasteiger partial charge in [-0.3, -0.25) is 19.5 Å². The average Bonchev–Trinajstić information content (AvgIpc) is 3.41. The lowest BCUT2D eigenvalue weighted by molar-refractivity contribution is -0.385. The Hall–Kier alpha value is -5.53. The maximum absolute atomic E-state index is 14.2. The second-order valence-corrected chi connectivity index (χ2v) is 14.1. The average molecular weight is 696 g/mol. The van der Waals surface area contributed by atoms with Crippen LogP contribution in [-0.4, -0.2) is 32.1 Å². The topological polar surface area (TPSA) is 139 Å². The molecule has 1 aromatic heterocycles. The first-order valence-corrected chi connectivity index (χ1v) is 17.4. The van der Waals surface area contributed by atoms with Crippen LogP contribution in [0.4, 0.5) is 5.69 Å². The number of ether oxygens (including phenoxy) is 2. The number of aromatic nitrogens is 1. The van der Waals surface area contributed by atoms with Gasteiger partial charge in [0.2, 0.25) is 0 Å². The number of benzene rings is 4. The van der Waals surface area contributed by atoms with Gasteiger partial charge in [0.1, 0.15) is 10.6 Å². The first-order valence-electron chi connectivity index (χ1n) is 15.2. The molecule has 1 atom stereocenters. The minimum Gasteiger partial charge on any atom is -0.493 e. The van der Waals surface area contributed by atoms with Crippen LogP contribution in [0.3, 0.4) is 0 Å². The molecule has 1 aliphatic heterocycles. The number of hydrogen-bond donors (Lipinski definition) is 0. The van der Waals surface area contributed by atoms with Gasteiger partial charge in [-0.15, -0.1) is 0 Å². The molecule has 0 bridgehead atoms. The number of aryl methyl sites for hydroxylation is 2. The van der Waals surface area contributed by atoms with Crippen molar-refractivity contribution in [1.82, 2.24) is 4.57 Å². The smallest absolute Gasteiger partial charge is 0.339 e. The van der Waals surface area contributed by atoms with Crippen LogP contribution in [0.25, 0.3) is 11.8 Å². The maximum atomic E-state index is 14.2. The van der Waals surface area contributed by atoms with Gasteiger partial charge in [0.05, 0.1) is 35.4 Å². The number of allylic oxidation sites excluding steroid dienone is 1.